The van der Waals surface area contributed by atoms with Crippen molar-refractivity contribution < 1.29 is 9.90 Å². The van der Waals surface area contributed by atoms with E-state index in [0.29, 0.717) is 11.1 Å². The van der Waals surface area contributed by atoms with Crippen LogP contribution in [0.1, 0.15) is 62.4 Å². The van der Waals surface area contributed by atoms with E-state index in [1.807, 2.05) is 0 Å². The smallest absolute Gasteiger partial charge is 0.341 e. The highest BCUT2D eigenvalue weighted by Gasteiger charge is 2.22. The molecule has 1 unspecified atom stereocenters. The SMILES string of the molecule is CCC(C)c1c(Cl)nc2c(C(=O)O)cnn2c1NCCC(C)C. The zero-order valence-corrected chi connectivity index (χ0v) is 14.7. The van der Waals surface area contributed by atoms with Crippen molar-refractivity contribution in [2.75, 3.05) is 11.9 Å². The zero-order chi connectivity index (χ0) is 17.1. The van der Waals surface area contributed by atoms with Gasteiger partial charge in [-0.2, -0.15) is 9.61 Å². The van der Waals surface area contributed by atoms with Gasteiger partial charge in [0.25, 0.3) is 0 Å². The molecule has 126 valence electrons. The Morgan fingerprint density at radius 1 is 1.43 bits per heavy atom. The third kappa shape index (κ3) is 3.58. The second-order valence-corrected chi connectivity index (χ2v) is 6.54. The van der Waals surface area contributed by atoms with E-state index in [0.717, 1.165) is 30.8 Å². The van der Waals surface area contributed by atoms with Gasteiger partial charge in [-0.15, -0.1) is 0 Å². The van der Waals surface area contributed by atoms with Crippen molar-refractivity contribution in [3.63, 3.8) is 0 Å². The van der Waals surface area contributed by atoms with E-state index >= 15 is 0 Å². The first-order chi connectivity index (χ1) is 10.9. The first kappa shape index (κ1) is 17.5. The molecule has 0 aromatic carbocycles. The Bertz CT molecular complexity index is 712. The van der Waals surface area contributed by atoms with Crippen molar-refractivity contribution in [1.29, 1.82) is 0 Å². The Kier molecular flexibility index (Phi) is 5.46. The molecule has 1 atom stereocenters. The summed E-state index contributed by atoms with van der Waals surface area (Å²) in [6.07, 6.45) is 3.21. The van der Waals surface area contributed by atoms with Crippen molar-refractivity contribution in [2.24, 2.45) is 5.92 Å². The third-order valence-electron chi connectivity index (χ3n) is 3.99. The molecule has 0 bridgehead atoms. The minimum Gasteiger partial charge on any atom is -0.477 e. The van der Waals surface area contributed by atoms with E-state index in [4.69, 9.17) is 11.6 Å². The summed E-state index contributed by atoms with van der Waals surface area (Å²) in [6.45, 7) is 9.23. The molecule has 2 rings (SSSR count). The van der Waals surface area contributed by atoms with Crippen molar-refractivity contribution in [1.82, 2.24) is 14.6 Å². The Morgan fingerprint density at radius 2 is 2.13 bits per heavy atom. The van der Waals surface area contributed by atoms with Crippen molar-refractivity contribution in [3.05, 3.63) is 22.5 Å². The quantitative estimate of drug-likeness (QED) is 0.744. The number of aromatic carboxylic acids is 1. The lowest BCUT2D eigenvalue weighted by atomic mass is 10.0. The van der Waals surface area contributed by atoms with Crippen LogP contribution in [0.3, 0.4) is 0 Å². The van der Waals surface area contributed by atoms with Gasteiger partial charge in [0.05, 0.1) is 6.20 Å². The molecule has 0 amide bonds. The molecule has 2 aromatic heterocycles. The van der Waals surface area contributed by atoms with Gasteiger partial charge in [-0.3, -0.25) is 0 Å². The van der Waals surface area contributed by atoms with E-state index in [9.17, 15) is 9.90 Å². The minimum atomic E-state index is -1.06. The van der Waals surface area contributed by atoms with Crippen LogP contribution in [-0.4, -0.2) is 32.2 Å². The van der Waals surface area contributed by atoms with Crippen molar-refractivity contribution in [2.45, 2.75) is 46.5 Å². The van der Waals surface area contributed by atoms with Crippen LogP contribution in [0.2, 0.25) is 5.15 Å². The largest absolute Gasteiger partial charge is 0.477 e. The highest BCUT2D eigenvalue weighted by Crippen LogP contribution is 2.33. The molecule has 0 aliphatic rings. The predicted octanol–water partition coefficient (Wildman–Crippen LogP) is 4.05. The fraction of sp³-hybridized carbons (Fsp3) is 0.562. The summed E-state index contributed by atoms with van der Waals surface area (Å²) < 4.78 is 1.55. The van der Waals surface area contributed by atoms with Crippen molar-refractivity contribution >= 4 is 29.0 Å². The predicted molar refractivity (Wildman–Crippen MR) is 91.6 cm³/mol. The maximum atomic E-state index is 11.3. The molecule has 0 saturated heterocycles. The fourth-order valence-electron chi connectivity index (χ4n) is 2.42. The van der Waals surface area contributed by atoms with E-state index in [-0.39, 0.29) is 17.1 Å². The number of carbonyl (C=O) groups is 1. The second kappa shape index (κ2) is 7.17. The van der Waals surface area contributed by atoms with Gasteiger partial charge in [0.1, 0.15) is 16.5 Å². The zero-order valence-electron chi connectivity index (χ0n) is 13.9. The first-order valence-corrected chi connectivity index (χ1v) is 8.28. The molecule has 0 spiro atoms. The summed E-state index contributed by atoms with van der Waals surface area (Å²) in [4.78, 5) is 15.6. The summed E-state index contributed by atoms with van der Waals surface area (Å²) in [6, 6.07) is 0. The molecule has 23 heavy (non-hydrogen) atoms. The minimum absolute atomic E-state index is 0.0505. The van der Waals surface area contributed by atoms with Crippen LogP contribution in [0.25, 0.3) is 5.65 Å². The van der Waals surface area contributed by atoms with Crippen LogP contribution >= 0.6 is 11.6 Å². The number of fused-ring (bicyclic) bond motifs is 1. The Hall–Kier alpha value is -1.82. The van der Waals surface area contributed by atoms with Crippen LogP contribution in [0.4, 0.5) is 5.82 Å². The average molecular weight is 339 g/mol. The standard InChI is InChI=1S/C16H23ClN4O2/c1-5-10(4)12-13(17)20-14-11(16(22)23)8-19-21(14)15(12)18-7-6-9(2)3/h8-10,18H,5-7H2,1-4H3,(H,22,23). The van der Waals surface area contributed by atoms with E-state index < -0.39 is 5.97 Å². The average Bonchev–Trinajstić information content (AvgIpc) is 2.89. The lowest BCUT2D eigenvalue weighted by Crippen LogP contribution is -2.14. The Balaban J connectivity index is 2.58. The normalized spacial score (nSPS) is 12.8. The number of carboxylic acid groups (broad SMARTS) is 1. The molecule has 7 heteroatoms. The van der Waals surface area contributed by atoms with Gasteiger partial charge in [0, 0.05) is 12.1 Å². The number of nitrogens with zero attached hydrogens (tertiary/aromatic N) is 3. The highest BCUT2D eigenvalue weighted by atomic mass is 35.5. The lowest BCUT2D eigenvalue weighted by molar-refractivity contribution is 0.0699. The second-order valence-electron chi connectivity index (χ2n) is 6.18. The third-order valence-corrected chi connectivity index (χ3v) is 4.27. The molecule has 0 radical (unpaired) electrons. The molecule has 0 aliphatic carbocycles. The van der Waals surface area contributed by atoms with Gasteiger partial charge < -0.3 is 10.4 Å². The molecule has 0 fully saturated rings. The molecule has 6 nitrogen and oxygen atoms in total. The topological polar surface area (TPSA) is 79.5 Å². The summed E-state index contributed by atoms with van der Waals surface area (Å²) in [5, 5.41) is 17.2. The number of anilines is 1. The van der Waals surface area contributed by atoms with E-state index in [2.05, 4.69) is 43.1 Å². The van der Waals surface area contributed by atoms with Crippen molar-refractivity contribution in [3.8, 4) is 0 Å². The number of carboxylic acids is 1. The van der Waals surface area contributed by atoms with Crippen LogP contribution in [-0.2, 0) is 0 Å². The van der Waals surface area contributed by atoms with Gasteiger partial charge in [-0.25, -0.2) is 9.78 Å². The number of aromatic nitrogens is 3. The monoisotopic (exact) mass is 338 g/mol. The van der Waals surface area contributed by atoms with Gasteiger partial charge in [-0.1, -0.05) is 39.3 Å². The molecule has 0 saturated carbocycles. The lowest BCUT2D eigenvalue weighted by Gasteiger charge is -2.19. The number of halogens is 1. The Morgan fingerprint density at radius 3 is 2.70 bits per heavy atom. The maximum absolute atomic E-state index is 11.3. The summed E-state index contributed by atoms with van der Waals surface area (Å²) in [5.41, 5.74) is 1.20. The van der Waals surface area contributed by atoms with Gasteiger partial charge in [0.2, 0.25) is 0 Å². The molecule has 2 heterocycles. The molecule has 2 aromatic rings. The molecule has 0 aliphatic heterocycles. The van der Waals surface area contributed by atoms with Crippen LogP contribution in [0, 0.1) is 5.92 Å². The molecular weight excluding hydrogens is 316 g/mol. The van der Waals surface area contributed by atoms with E-state index in [1.54, 1.807) is 4.52 Å². The van der Waals surface area contributed by atoms with Gasteiger partial charge in [0.15, 0.2) is 5.65 Å². The molecular formula is C16H23ClN4O2. The van der Waals surface area contributed by atoms with E-state index in [1.165, 1.54) is 6.20 Å². The highest BCUT2D eigenvalue weighted by molar-refractivity contribution is 6.30. The van der Waals surface area contributed by atoms with Crippen LogP contribution in [0.5, 0.6) is 0 Å². The van der Waals surface area contributed by atoms with Gasteiger partial charge in [-0.05, 0) is 24.7 Å². The number of rotatable bonds is 7. The Labute approximate surface area is 140 Å². The summed E-state index contributed by atoms with van der Waals surface area (Å²) in [5.74, 6) is 0.434. The summed E-state index contributed by atoms with van der Waals surface area (Å²) in [7, 11) is 0. The number of hydrogen-bond acceptors (Lipinski definition) is 4. The first-order valence-electron chi connectivity index (χ1n) is 7.91. The summed E-state index contributed by atoms with van der Waals surface area (Å²) >= 11 is 6.37. The number of hydrogen-bond donors (Lipinski definition) is 2. The van der Waals surface area contributed by atoms with Crippen LogP contribution in [0.15, 0.2) is 6.20 Å². The van der Waals surface area contributed by atoms with Crippen LogP contribution < -0.4 is 5.32 Å². The number of nitrogens with one attached hydrogen (secondary N) is 1. The van der Waals surface area contributed by atoms with Gasteiger partial charge >= 0.3 is 5.97 Å². The molecule has 2 N–H and O–H groups in total. The fourth-order valence-corrected chi connectivity index (χ4v) is 2.78. The maximum Gasteiger partial charge on any atom is 0.341 e.